The Hall–Kier alpha value is -1.88. The lowest BCUT2D eigenvalue weighted by atomic mass is 10.1. The molecule has 114 valence electrons. The third-order valence-corrected chi connectivity index (χ3v) is 3.44. The monoisotopic (exact) mass is 291 g/mol. The van der Waals surface area contributed by atoms with Gasteiger partial charge in [0.2, 0.25) is 0 Å². The van der Waals surface area contributed by atoms with Gasteiger partial charge >= 0.3 is 0 Å². The van der Waals surface area contributed by atoms with Gasteiger partial charge in [-0.3, -0.25) is 4.68 Å². The quantitative estimate of drug-likeness (QED) is 0.886. The van der Waals surface area contributed by atoms with Gasteiger partial charge in [0.25, 0.3) is 0 Å². The van der Waals surface area contributed by atoms with Gasteiger partial charge in [-0.2, -0.15) is 5.10 Å². The van der Waals surface area contributed by atoms with E-state index in [4.69, 9.17) is 4.74 Å². The molecule has 0 aliphatic rings. The van der Waals surface area contributed by atoms with Crippen molar-refractivity contribution in [1.82, 2.24) is 15.1 Å². The maximum Gasteiger partial charge on any atom is 0.132 e. The van der Waals surface area contributed by atoms with E-state index in [0.717, 1.165) is 11.3 Å². The zero-order valence-electron chi connectivity index (χ0n) is 12.9. The SMILES string of the molecule is CNC(C)c1ccc(F)cc1OCc1ccn(C(C)C)n1. The van der Waals surface area contributed by atoms with Gasteiger partial charge in [0.05, 0.1) is 5.69 Å². The number of benzene rings is 1. The molecule has 1 unspecified atom stereocenters. The van der Waals surface area contributed by atoms with Crippen LogP contribution >= 0.6 is 0 Å². The summed E-state index contributed by atoms with van der Waals surface area (Å²) in [6.45, 7) is 6.47. The molecule has 1 heterocycles. The first-order valence-corrected chi connectivity index (χ1v) is 7.14. The Labute approximate surface area is 124 Å². The lowest BCUT2D eigenvalue weighted by Gasteiger charge is -2.16. The van der Waals surface area contributed by atoms with Gasteiger partial charge in [0, 0.05) is 29.9 Å². The number of rotatable bonds is 6. The van der Waals surface area contributed by atoms with Crippen LogP contribution in [0.4, 0.5) is 4.39 Å². The molecular weight excluding hydrogens is 269 g/mol. The molecule has 5 heteroatoms. The van der Waals surface area contributed by atoms with Crippen molar-refractivity contribution in [2.75, 3.05) is 7.05 Å². The van der Waals surface area contributed by atoms with Crippen molar-refractivity contribution in [2.45, 2.75) is 39.5 Å². The molecule has 0 spiro atoms. The van der Waals surface area contributed by atoms with Gasteiger partial charge in [-0.25, -0.2) is 4.39 Å². The fraction of sp³-hybridized carbons (Fsp3) is 0.438. The second kappa shape index (κ2) is 6.72. The highest BCUT2D eigenvalue weighted by molar-refractivity contribution is 5.36. The smallest absolute Gasteiger partial charge is 0.132 e. The highest BCUT2D eigenvalue weighted by atomic mass is 19.1. The van der Waals surface area contributed by atoms with E-state index in [9.17, 15) is 4.39 Å². The maximum atomic E-state index is 13.4. The van der Waals surface area contributed by atoms with Crippen molar-refractivity contribution in [2.24, 2.45) is 0 Å². The van der Waals surface area contributed by atoms with Crippen LogP contribution < -0.4 is 10.1 Å². The van der Waals surface area contributed by atoms with Crippen molar-refractivity contribution in [1.29, 1.82) is 0 Å². The Kier molecular flexibility index (Phi) is 4.96. The summed E-state index contributed by atoms with van der Waals surface area (Å²) in [6, 6.07) is 6.94. The third kappa shape index (κ3) is 3.82. The lowest BCUT2D eigenvalue weighted by molar-refractivity contribution is 0.291. The summed E-state index contributed by atoms with van der Waals surface area (Å²) in [4.78, 5) is 0. The Balaban J connectivity index is 2.13. The third-order valence-electron chi connectivity index (χ3n) is 3.44. The first kappa shape index (κ1) is 15.5. The number of hydrogen-bond acceptors (Lipinski definition) is 3. The molecule has 2 rings (SSSR count). The number of aromatic nitrogens is 2. The first-order chi connectivity index (χ1) is 10.0. The average Bonchev–Trinajstić information content (AvgIpc) is 2.93. The summed E-state index contributed by atoms with van der Waals surface area (Å²) < 4.78 is 21.1. The molecule has 1 N–H and O–H groups in total. The molecule has 0 aliphatic carbocycles. The second-order valence-corrected chi connectivity index (χ2v) is 5.36. The standard InChI is InChI=1S/C16H22FN3O/c1-11(2)20-8-7-14(19-20)10-21-16-9-13(17)5-6-15(16)12(3)18-4/h5-9,11-12,18H,10H2,1-4H3. The maximum absolute atomic E-state index is 13.4. The van der Waals surface area contributed by atoms with Gasteiger partial charge in [-0.05, 0) is 40.0 Å². The molecule has 0 amide bonds. The lowest BCUT2D eigenvalue weighted by Crippen LogP contribution is -2.14. The molecule has 0 radical (unpaired) electrons. The zero-order valence-corrected chi connectivity index (χ0v) is 12.9. The Bertz CT molecular complexity index is 595. The van der Waals surface area contributed by atoms with Gasteiger partial charge in [-0.1, -0.05) is 6.07 Å². The van der Waals surface area contributed by atoms with Crippen LogP contribution in [-0.2, 0) is 6.61 Å². The van der Waals surface area contributed by atoms with Crippen molar-refractivity contribution in [3.63, 3.8) is 0 Å². The summed E-state index contributed by atoms with van der Waals surface area (Å²) in [6.07, 6.45) is 1.92. The molecule has 0 fully saturated rings. The van der Waals surface area contributed by atoms with Crippen LogP contribution in [0, 0.1) is 5.82 Å². The number of hydrogen-bond donors (Lipinski definition) is 1. The molecule has 1 aromatic heterocycles. The fourth-order valence-electron chi connectivity index (χ4n) is 2.04. The molecule has 0 aliphatic heterocycles. The molecule has 0 saturated carbocycles. The molecular formula is C16H22FN3O. The average molecular weight is 291 g/mol. The molecule has 0 bridgehead atoms. The van der Waals surface area contributed by atoms with Gasteiger partial charge < -0.3 is 10.1 Å². The molecule has 2 aromatic rings. The van der Waals surface area contributed by atoms with Crippen LogP contribution in [-0.4, -0.2) is 16.8 Å². The predicted octanol–water partition coefficient (Wildman–Crippen LogP) is 3.46. The summed E-state index contributed by atoms with van der Waals surface area (Å²) in [5.41, 5.74) is 1.76. The number of nitrogens with one attached hydrogen (secondary N) is 1. The van der Waals surface area contributed by atoms with Crippen LogP contribution in [0.5, 0.6) is 5.75 Å². The van der Waals surface area contributed by atoms with E-state index < -0.39 is 0 Å². The summed E-state index contributed by atoms with van der Waals surface area (Å²) >= 11 is 0. The highest BCUT2D eigenvalue weighted by Gasteiger charge is 2.12. The van der Waals surface area contributed by atoms with E-state index in [1.807, 2.05) is 30.9 Å². The van der Waals surface area contributed by atoms with Crippen LogP contribution in [0.1, 0.15) is 44.1 Å². The van der Waals surface area contributed by atoms with E-state index in [1.54, 1.807) is 6.07 Å². The first-order valence-electron chi connectivity index (χ1n) is 7.14. The van der Waals surface area contributed by atoms with Crippen LogP contribution in [0.3, 0.4) is 0 Å². The number of ether oxygens (including phenoxy) is 1. The minimum absolute atomic E-state index is 0.0915. The van der Waals surface area contributed by atoms with Crippen molar-refractivity contribution < 1.29 is 9.13 Å². The number of nitrogens with zero attached hydrogens (tertiary/aromatic N) is 2. The molecule has 0 saturated heterocycles. The largest absolute Gasteiger partial charge is 0.487 e. The minimum atomic E-state index is -0.301. The van der Waals surface area contributed by atoms with Crippen LogP contribution in [0.15, 0.2) is 30.5 Å². The van der Waals surface area contributed by atoms with Gasteiger partial charge in [0.1, 0.15) is 18.2 Å². The van der Waals surface area contributed by atoms with E-state index in [0.29, 0.717) is 18.4 Å². The Morgan fingerprint density at radius 2 is 2.05 bits per heavy atom. The summed E-state index contributed by atoms with van der Waals surface area (Å²) in [7, 11) is 1.86. The molecule has 4 nitrogen and oxygen atoms in total. The van der Waals surface area contributed by atoms with Crippen LogP contribution in [0.2, 0.25) is 0 Å². The van der Waals surface area contributed by atoms with E-state index in [-0.39, 0.29) is 11.9 Å². The Morgan fingerprint density at radius 1 is 1.29 bits per heavy atom. The Morgan fingerprint density at radius 3 is 2.67 bits per heavy atom. The van der Waals surface area contributed by atoms with E-state index in [2.05, 4.69) is 24.3 Å². The summed E-state index contributed by atoms with van der Waals surface area (Å²) in [5.74, 6) is 0.251. The van der Waals surface area contributed by atoms with E-state index >= 15 is 0 Å². The number of halogens is 1. The van der Waals surface area contributed by atoms with Crippen molar-refractivity contribution in [3.8, 4) is 5.75 Å². The second-order valence-electron chi connectivity index (χ2n) is 5.36. The molecule has 21 heavy (non-hydrogen) atoms. The highest BCUT2D eigenvalue weighted by Crippen LogP contribution is 2.26. The van der Waals surface area contributed by atoms with Gasteiger partial charge in [-0.15, -0.1) is 0 Å². The van der Waals surface area contributed by atoms with Crippen molar-refractivity contribution in [3.05, 3.63) is 47.5 Å². The zero-order chi connectivity index (χ0) is 15.4. The fourth-order valence-corrected chi connectivity index (χ4v) is 2.04. The minimum Gasteiger partial charge on any atom is -0.487 e. The topological polar surface area (TPSA) is 39.1 Å². The summed E-state index contributed by atoms with van der Waals surface area (Å²) in [5, 5.41) is 7.56. The van der Waals surface area contributed by atoms with Crippen molar-refractivity contribution >= 4 is 0 Å². The van der Waals surface area contributed by atoms with Crippen LogP contribution in [0.25, 0.3) is 0 Å². The molecule has 1 aromatic carbocycles. The predicted molar refractivity (Wildman–Crippen MR) is 80.8 cm³/mol. The van der Waals surface area contributed by atoms with E-state index in [1.165, 1.54) is 12.1 Å². The molecule has 1 atom stereocenters. The normalized spacial score (nSPS) is 12.7. The van der Waals surface area contributed by atoms with Gasteiger partial charge in [0.15, 0.2) is 0 Å².